The Labute approximate surface area is 172 Å². The molecule has 0 spiro atoms. The van der Waals surface area contributed by atoms with Gasteiger partial charge in [-0.25, -0.2) is 9.36 Å². The van der Waals surface area contributed by atoms with Crippen LogP contribution in [0.4, 0.5) is 4.79 Å². The molecular weight excluding hydrogens is 390 g/mol. The van der Waals surface area contributed by atoms with Gasteiger partial charge in [-0.3, -0.25) is 9.78 Å². The Balaban J connectivity index is 2.29. The molecule has 0 aliphatic heterocycles. The molecule has 7 heteroatoms. The van der Waals surface area contributed by atoms with Crippen LogP contribution in [0.5, 0.6) is 0 Å². The summed E-state index contributed by atoms with van der Waals surface area (Å²) in [6, 6.07) is 8.90. The zero-order valence-corrected chi connectivity index (χ0v) is 17.1. The lowest BCUT2D eigenvalue weighted by molar-refractivity contribution is 0.156. The number of nitrogens with zero attached hydrogens (tertiary/aromatic N) is 2. The van der Waals surface area contributed by atoms with Crippen LogP contribution in [0.15, 0.2) is 47.5 Å². The Kier molecular flexibility index (Phi) is 4.88. The average molecular weight is 410 g/mol. The molecule has 0 radical (unpaired) electrons. The number of ether oxygens (including phenoxy) is 1. The van der Waals surface area contributed by atoms with E-state index in [1.807, 2.05) is 19.9 Å². The van der Waals surface area contributed by atoms with Crippen molar-refractivity contribution in [1.29, 1.82) is 0 Å². The molecule has 0 atom stereocenters. The van der Waals surface area contributed by atoms with Crippen molar-refractivity contribution in [1.82, 2.24) is 14.5 Å². The van der Waals surface area contributed by atoms with Crippen LogP contribution in [0.25, 0.3) is 33.1 Å². The van der Waals surface area contributed by atoms with Crippen molar-refractivity contribution in [3.63, 3.8) is 0 Å². The lowest BCUT2D eigenvalue weighted by atomic mass is 9.93. The predicted molar refractivity (Wildman–Crippen MR) is 115 cm³/mol. The summed E-state index contributed by atoms with van der Waals surface area (Å²) in [7, 11) is 0. The monoisotopic (exact) mass is 409 g/mol. The molecule has 1 aromatic carbocycles. The highest BCUT2D eigenvalue weighted by atomic mass is 35.5. The molecule has 148 valence electrons. The Morgan fingerprint density at radius 2 is 2.10 bits per heavy atom. The van der Waals surface area contributed by atoms with Crippen molar-refractivity contribution in [3.05, 3.63) is 63.7 Å². The number of carbonyl (C=O) groups excluding carboxylic acids is 1. The van der Waals surface area contributed by atoms with Crippen molar-refractivity contribution >= 4 is 39.6 Å². The highest BCUT2D eigenvalue weighted by Gasteiger charge is 2.26. The van der Waals surface area contributed by atoms with Gasteiger partial charge >= 0.3 is 6.09 Å². The molecule has 1 N–H and O–H groups in total. The molecule has 0 saturated heterocycles. The van der Waals surface area contributed by atoms with Crippen molar-refractivity contribution in [2.24, 2.45) is 0 Å². The van der Waals surface area contributed by atoms with E-state index in [1.165, 1.54) is 4.57 Å². The quantitative estimate of drug-likeness (QED) is 0.496. The first-order chi connectivity index (χ1) is 13.9. The van der Waals surface area contributed by atoms with Gasteiger partial charge in [0.05, 0.1) is 23.2 Å². The molecule has 6 nitrogen and oxygen atoms in total. The molecular formula is C22H20ClN3O3. The molecule has 0 aliphatic rings. The fourth-order valence-corrected chi connectivity index (χ4v) is 3.95. The molecule has 0 bridgehead atoms. The third-order valence-electron chi connectivity index (χ3n) is 4.90. The number of rotatable bonds is 3. The number of hydrogen-bond acceptors (Lipinski definition) is 4. The van der Waals surface area contributed by atoms with Crippen molar-refractivity contribution in [3.8, 4) is 11.1 Å². The molecule has 3 aromatic heterocycles. The van der Waals surface area contributed by atoms with E-state index in [-0.39, 0.29) is 18.1 Å². The summed E-state index contributed by atoms with van der Waals surface area (Å²) in [6.07, 6.45) is 2.85. The predicted octanol–water partition coefficient (Wildman–Crippen LogP) is 5.33. The highest BCUT2D eigenvalue weighted by molar-refractivity contribution is 6.32. The zero-order chi connectivity index (χ0) is 20.7. The topological polar surface area (TPSA) is 77.0 Å². The summed E-state index contributed by atoms with van der Waals surface area (Å²) in [4.78, 5) is 33.2. The highest BCUT2D eigenvalue weighted by Crippen LogP contribution is 2.38. The first-order valence-electron chi connectivity index (χ1n) is 9.41. The first kappa shape index (κ1) is 19.2. The molecule has 0 saturated carbocycles. The molecule has 0 aliphatic carbocycles. The maximum absolute atomic E-state index is 13.1. The third kappa shape index (κ3) is 3.09. The van der Waals surface area contributed by atoms with E-state index in [2.05, 4.69) is 9.97 Å². The van der Waals surface area contributed by atoms with Gasteiger partial charge in [0, 0.05) is 39.5 Å². The van der Waals surface area contributed by atoms with Crippen LogP contribution in [-0.4, -0.2) is 27.2 Å². The summed E-state index contributed by atoms with van der Waals surface area (Å²) in [5, 5.41) is 1.19. The van der Waals surface area contributed by atoms with Gasteiger partial charge in [-0.05, 0) is 37.1 Å². The molecule has 0 amide bonds. The second-order valence-corrected chi connectivity index (χ2v) is 7.50. The zero-order valence-electron chi connectivity index (χ0n) is 16.3. The normalized spacial score (nSPS) is 11.5. The van der Waals surface area contributed by atoms with Crippen molar-refractivity contribution in [2.75, 3.05) is 6.61 Å². The van der Waals surface area contributed by atoms with Crippen LogP contribution in [0, 0.1) is 0 Å². The van der Waals surface area contributed by atoms with E-state index >= 15 is 0 Å². The first-order valence-corrected chi connectivity index (χ1v) is 9.79. The van der Waals surface area contributed by atoms with Gasteiger partial charge < -0.3 is 9.72 Å². The number of H-pyrrole nitrogens is 1. The number of benzene rings is 1. The summed E-state index contributed by atoms with van der Waals surface area (Å²) in [6.45, 7) is 5.89. The van der Waals surface area contributed by atoms with E-state index < -0.39 is 6.09 Å². The minimum atomic E-state index is -0.512. The van der Waals surface area contributed by atoms with E-state index in [4.69, 9.17) is 16.3 Å². The van der Waals surface area contributed by atoms with Gasteiger partial charge in [0.15, 0.2) is 0 Å². The molecule has 4 rings (SSSR count). The SMILES string of the molecule is CCOC(=O)n1c2ccc(Cl)cc2c2[nH]c(=O)c(C(C)C)c(-c3cccnc3)c21. The summed E-state index contributed by atoms with van der Waals surface area (Å²) < 4.78 is 6.85. The van der Waals surface area contributed by atoms with E-state index in [0.717, 1.165) is 5.56 Å². The fraction of sp³-hybridized carbons (Fsp3) is 0.227. The average Bonchev–Trinajstić information content (AvgIpc) is 3.01. The maximum atomic E-state index is 13.1. The van der Waals surface area contributed by atoms with E-state index in [9.17, 15) is 9.59 Å². The third-order valence-corrected chi connectivity index (χ3v) is 5.13. The van der Waals surface area contributed by atoms with Gasteiger partial charge in [-0.15, -0.1) is 0 Å². The smallest absolute Gasteiger partial charge is 0.419 e. The lowest BCUT2D eigenvalue weighted by Gasteiger charge is -2.15. The van der Waals surface area contributed by atoms with Crippen LogP contribution < -0.4 is 5.56 Å². The van der Waals surface area contributed by atoms with Gasteiger partial charge in [-0.1, -0.05) is 31.5 Å². The van der Waals surface area contributed by atoms with Gasteiger partial charge in [0.1, 0.15) is 0 Å². The number of halogens is 1. The summed E-state index contributed by atoms with van der Waals surface area (Å²) in [5.74, 6) is -0.0735. The van der Waals surface area contributed by atoms with Gasteiger partial charge in [0.25, 0.3) is 5.56 Å². The van der Waals surface area contributed by atoms with Gasteiger partial charge in [0.2, 0.25) is 0 Å². The second kappa shape index (κ2) is 7.37. The van der Waals surface area contributed by atoms with Crippen LogP contribution in [0.1, 0.15) is 32.3 Å². The summed E-state index contributed by atoms with van der Waals surface area (Å²) in [5.41, 5.74) is 3.56. The second-order valence-electron chi connectivity index (χ2n) is 7.06. The number of fused-ring (bicyclic) bond motifs is 3. The van der Waals surface area contributed by atoms with Crippen molar-refractivity contribution in [2.45, 2.75) is 26.7 Å². The van der Waals surface area contributed by atoms with Crippen LogP contribution in [-0.2, 0) is 4.74 Å². The van der Waals surface area contributed by atoms with Crippen molar-refractivity contribution < 1.29 is 9.53 Å². The minimum Gasteiger partial charge on any atom is -0.449 e. The van der Waals surface area contributed by atoms with Gasteiger partial charge in [-0.2, -0.15) is 0 Å². The Bertz CT molecular complexity index is 1290. The number of aromatic nitrogens is 3. The number of pyridine rings is 2. The standard InChI is InChI=1S/C22H20ClN3O3/c1-4-29-22(28)26-16-8-7-14(23)10-15(16)19-20(26)18(13-6-5-9-24-11-13)17(12(2)3)21(27)25-19/h5-12H,4H2,1-3H3,(H,25,27). The number of carbonyl (C=O) groups is 1. The number of nitrogens with one attached hydrogen (secondary N) is 1. The minimum absolute atomic E-state index is 0.0735. The Hall–Kier alpha value is -3.12. The fourth-order valence-electron chi connectivity index (χ4n) is 3.78. The lowest BCUT2D eigenvalue weighted by Crippen LogP contribution is -2.19. The largest absolute Gasteiger partial charge is 0.449 e. The Morgan fingerprint density at radius 3 is 2.76 bits per heavy atom. The number of hydrogen-bond donors (Lipinski definition) is 1. The Morgan fingerprint density at radius 1 is 1.31 bits per heavy atom. The molecule has 0 fully saturated rings. The molecule has 4 aromatic rings. The van der Waals surface area contributed by atoms with Crippen LogP contribution >= 0.6 is 11.6 Å². The maximum Gasteiger partial charge on any atom is 0.419 e. The number of aromatic amines is 1. The van der Waals surface area contributed by atoms with Crippen LogP contribution in [0.2, 0.25) is 5.02 Å². The summed E-state index contributed by atoms with van der Waals surface area (Å²) >= 11 is 6.22. The van der Waals surface area contributed by atoms with E-state index in [1.54, 1.807) is 43.6 Å². The molecule has 3 heterocycles. The molecule has 0 unspecified atom stereocenters. The molecule has 29 heavy (non-hydrogen) atoms. The van der Waals surface area contributed by atoms with Crippen LogP contribution in [0.3, 0.4) is 0 Å². The van der Waals surface area contributed by atoms with E-state index in [0.29, 0.717) is 38.1 Å².